The van der Waals surface area contributed by atoms with Gasteiger partial charge in [0, 0.05) is 25.5 Å². The van der Waals surface area contributed by atoms with Gasteiger partial charge in [0.2, 0.25) is 0 Å². The zero-order valence-corrected chi connectivity index (χ0v) is 9.72. The van der Waals surface area contributed by atoms with Crippen LogP contribution in [0.5, 0.6) is 0 Å². The van der Waals surface area contributed by atoms with Crippen molar-refractivity contribution in [2.75, 3.05) is 0 Å². The molecule has 1 aromatic carbocycles. The molecule has 0 saturated heterocycles. The Balaban J connectivity index is 1.94. The highest BCUT2D eigenvalue weighted by molar-refractivity contribution is 5.18. The van der Waals surface area contributed by atoms with Gasteiger partial charge in [0.05, 0.1) is 6.54 Å². The van der Waals surface area contributed by atoms with Crippen molar-refractivity contribution >= 4 is 0 Å². The zero-order chi connectivity index (χ0) is 11.4. The number of aryl methyl sites for hydroxylation is 1. The first-order valence-electron chi connectivity index (χ1n) is 5.52. The van der Waals surface area contributed by atoms with Gasteiger partial charge in [0.15, 0.2) is 0 Å². The first-order chi connectivity index (χ1) is 7.77. The summed E-state index contributed by atoms with van der Waals surface area (Å²) in [5.74, 6) is 1.06. The molecule has 3 nitrogen and oxygen atoms in total. The summed E-state index contributed by atoms with van der Waals surface area (Å²) in [6.45, 7) is 2.96. The Kier molecular flexibility index (Phi) is 3.37. The molecular weight excluding hydrogens is 198 g/mol. The molecule has 1 aromatic heterocycles. The number of rotatable bonds is 4. The third-order valence-electron chi connectivity index (χ3n) is 2.79. The SMILES string of the molecule is CC(NCc1nccn1C)c1ccccc1. The van der Waals surface area contributed by atoms with Crippen LogP contribution in [0.25, 0.3) is 0 Å². The maximum absolute atomic E-state index is 4.28. The number of hydrogen-bond acceptors (Lipinski definition) is 2. The lowest BCUT2D eigenvalue weighted by Crippen LogP contribution is -2.20. The summed E-state index contributed by atoms with van der Waals surface area (Å²) in [6.07, 6.45) is 3.79. The first-order valence-corrected chi connectivity index (χ1v) is 5.52. The van der Waals surface area contributed by atoms with Crippen molar-refractivity contribution in [3.8, 4) is 0 Å². The molecule has 0 aliphatic rings. The van der Waals surface area contributed by atoms with Crippen LogP contribution in [0.15, 0.2) is 42.7 Å². The number of benzene rings is 1. The highest BCUT2D eigenvalue weighted by atomic mass is 15.1. The molecule has 0 bridgehead atoms. The Bertz CT molecular complexity index is 433. The van der Waals surface area contributed by atoms with Crippen LogP contribution < -0.4 is 5.32 Å². The van der Waals surface area contributed by atoms with E-state index in [2.05, 4.69) is 41.5 Å². The van der Waals surface area contributed by atoms with Crippen LogP contribution in [-0.4, -0.2) is 9.55 Å². The molecule has 0 aliphatic heterocycles. The lowest BCUT2D eigenvalue weighted by Gasteiger charge is -2.13. The van der Waals surface area contributed by atoms with Crippen molar-refractivity contribution in [3.05, 3.63) is 54.1 Å². The summed E-state index contributed by atoms with van der Waals surface area (Å²) in [5.41, 5.74) is 1.30. The summed E-state index contributed by atoms with van der Waals surface area (Å²) in [5, 5.41) is 3.46. The van der Waals surface area contributed by atoms with Gasteiger partial charge >= 0.3 is 0 Å². The Labute approximate surface area is 96.1 Å². The molecule has 16 heavy (non-hydrogen) atoms. The fraction of sp³-hybridized carbons (Fsp3) is 0.308. The van der Waals surface area contributed by atoms with E-state index in [1.165, 1.54) is 5.56 Å². The minimum atomic E-state index is 0.345. The van der Waals surface area contributed by atoms with E-state index in [-0.39, 0.29) is 0 Å². The number of hydrogen-bond donors (Lipinski definition) is 1. The summed E-state index contributed by atoms with van der Waals surface area (Å²) in [7, 11) is 2.01. The van der Waals surface area contributed by atoms with E-state index >= 15 is 0 Å². The Morgan fingerprint density at radius 3 is 2.69 bits per heavy atom. The standard InChI is InChI=1S/C13H17N3/c1-11(12-6-4-3-5-7-12)15-10-13-14-8-9-16(13)2/h3-9,11,15H,10H2,1-2H3. The quantitative estimate of drug-likeness (QED) is 0.848. The average molecular weight is 215 g/mol. The second-order valence-electron chi connectivity index (χ2n) is 3.97. The summed E-state index contributed by atoms with van der Waals surface area (Å²) in [4.78, 5) is 4.28. The van der Waals surface area contributed by atoms with Gasteiger partial charge in [-0.05, 0) is 12.5 Å². The molecule has 1 N–H and O–H groups in total. The van der Waals surface area contributed by atoms with E-state index in [0.29, 0.717) is 6.04 Å². The van der Waals surface area contributed by atoms with Crippen LogP contribution in [0, 0.1) is 0 Å². The zero-order valence-electron chi connectivity index (χ0n) is 9.72. The Morgan fingerprint density at radius 2 is 2.06 bits per heavy atom. The number of aromatic nitrogens is 2. The van der Waals surface area contributed by atoms with Gasteiger partial charge in [-0.15, -0.1) is 0 Å². The van der Waals surface area contributed by atoms with Gasteiger partial charge in [-0.3, -0.25) is 0 Å². The predicted octanol–water partition coefficient (Wildman–Crippen LogP) is 2.27. The smallest absolute Gasteiger partial charge is 0.122 e. The Hall–Kier alpha value is -1.61. The molecule has 2 aromatic rings. The van der Waals surface area contributed by atoms with E-state index in [1.54, 1.807) is 0 Å². The van der Waals surface area contributed by atoms with E-state index in [9.17, 15) is 0 Å². The first kappa shape index (κ1) is 10.9. The Morgan fingerprint density at radius 1 is 1.31 bits per heavy atom. The fourth-order valence-corrected chi connectivity index (χ4v) is 1.67. The van der Waals surface area contributed by atoms with E-state index in [0.717, 1.165) is 12.4 Å². The van der Waals surface area contributed by atoms with Crippen molar-refractivity contribution in [2.24, 2.45) is 7.05 Å². The average Bonchev–Trinajstić information content (AvgIpc) is 2.73. The van der Waals surface area contributed by atoms with Crippen LogP contribution >= 0.6 is 0 Å². The third-order valence-corrected chi connectivity index (χ3v) is 2.79. The molecule has 1 unspecified atom stereocenters. The highest BCUT2D eigenvalue weighted by Crippen LogP contribution is 2.11. The van der Waals surface area contributed by atoms with Gasteiger partial charge in [-0.2, -0.15) is 0 Å². The molecule has 0 fully saturated rings. The highest BCUT2D eigenvalue weighted by Gasteiger charge is 2.05. The van der Waals surface area contributed by atoms with Crippen LogP contribution in [0.3, 0.4) is 0 Å². The molecule has 84 valence electrons. The molecule has 2 rings (SSSR count). The van der Waals surface area contributed by atoms with Crippen molar-refractivity contribution < 1.29 is 0 Å². The second kappa shape index (κ2) is 4.94. The van der Waals surface area contributed by atoms with Crippen molar-refractivity contribution in [2.45, 2.75) is 19.5 Å². The molecule has 0 spiro atoms. The minimum Gasteiger partial charge on any atom is -0.337 e. The predicted molar refractivity (Wildman–Crippen MR) is 64.9 cm³/mol. The van der Waals surface area contributed by atoms with Crippen molar-refractivity contribution in [3.63, 3.8) is 0 Å². The lowest BCUT2D eigenvalue weighted by atomic mass is 10.1. The van der Waals surface area contributed by atoms with Gasteiger partial charge < -0.3 is 9.88 Å². The third kappa shape index (κ3) is 2.49. The summed E-state index contributed by atoms with van der Waals surface area (Å²) < 4.78 is 2.03. The number of nitrogens with zero attached hydrogens (tertiary/aromatic N) is 2. The molecule has 0 radical (unpaired) electrons. The molecule has 0 amide bonds. The van der Waals surface area contributed by atoms with Gasteiger partial charge in [-0.25, -0.2) is 4.98 Å². The summed E-state index contributed by atoms with van der Waals surface area (Å²) in [6, 6.07) is 10.8. The molecule has 3 heteroatoms. The monoisotopic (exact) mass is 215 g/mol. The number of imidazole rings is 1. The number of nitrogens with one attached hydrogen (secondary N) is 1. The second-order valence-corrected chi connectivity index (χ2v) is 3.97. The van der Waals surface area contributed by atoms with Gasteiger partial charge in [0.25, 0.3) is 0 Å². The summed E-state index contributed by atoms with van der Waals surface area (Å²) >= 11 is 0. The molecular formula is C13H17N3. The fourth-order valence-electron chi connectivity index (χ4n) is 1.67. The van der Waals surface area contributed by atoms with E-state index in [1.807, 2.05) is 30.1 Å². The van der Waals surface area contributed by atoms with Crippen molar-refractivity contribution in [1.29, 1.82) is 0 Å². The van der Waals surface area contributed by atoms with E-state index < -0.39 is 0 Å². The van der Waals surface area contributed by atoms with E-state index in [4.69, 9.17) is 0 Å². The minimum absolute atomic E-state index is 0.345. The maximum atomic E-state index is 4.28. The van der Waals surface area contributed by atoms with Crippen LogP contribution in [0.4, 0.5) is 0 Å². The topological polar surface area (TPSA) is 29.9 Å². The van der Waals surface area contributed by atoms with Gasteiger partial charge in [-0.1, -0.05) is 30.3 Å². The van der Waals surface area contributed by atoms with Crippen LogP contribution in [-0.2, 0) is 13.6 Å². The molecule has 1 atom stereocenters. The molecule has 0 saturated carbocycles. The van der Waals surface area contributed by atoms with Crippen LogP contribution in [0.1, 0.15) is 24.4 Å². The van der Waals surface area contributed by atoms with Crippen LogP contribution in [0.2, 0.25) is 0 Å². The lowest BCUT2D eigenvalue weighted by molar-refractivity contribution is 0.549. The largest absolute Gasteiger partial charge is 0.337 e. The normalized spacial score (nSPS) is 12.6. The molecule has 0 aliphatic carbocycles. The maximum Gasteiger partial charge on any atom is 0.122 e. The van der Waals surface area contributed by atoms with Gasteiger partial charge in [0.1, 0.15) is 5.82 Å². The van der Waals surface area contributed by atoms with Crippen molar-refractivity contribution in [1.82, 2.24) is 14.9 Å². The molecule has 1 heterocycles.